The van der Waals surface area contributed by atoms with Crippen LogP contribution >= 0.6 is 46.1 Å². The highest BCUT2D eigenvalue weighted by Gasteiger charge is 2.20. The van der Waals surface area contributed by atoms with Crippen molar-refractivity contribution in [3.63, 3.8) is 0 Å². The number of aromatic nitrogens is 2. The van der Waals surface area contributed by atoms with E-state index in [0.717, 1.165) is 15.9 Å². The molecule has 2 N–H and O–H groups in total. The van der Waals surface area contributed by atoms with Crippen LogP contribution in [-0.4, -0.2) is 20.6 Å². The van der Waals surface area contributed by atoms with Crippen LogP contribution in [0.15, 0.2) is 51.4 Å². The molecular formula is C20H11Cl3N2O5S. The van der Waals surface area contributed by atoms with Gasteiger partial charge < -0.3 is 14.8 Å². The van der Waals surface area contributed by atoms with Gasteiger partial charge in [-0.25, -0.2) is 14.2 Å². The normalized spacial score (nSPS) is 11.1. The van der Waals surface area contributed by atoms with Crippen molar-refractivity contribution in [1.82, 2.24) is 9.55 Å². The molecule has 0 saturated heterocycles. The lowest BCUT2D eigenvalue weighted by Crippen LogP contribution is -2.34. The lowest BCUT2D eigenvalue weighted by atomic mass is 10.2. The number of rotatable bonds is 5. The number of carbonyl (C=O) groups is 1. The molecule has 0 radical (unpaired) electrons. The zero-order valence-electron chi connectivity index (χ0n) is 15.3. The van der Waals surface area contributed by atoms with E-state index >= 15 is 0 Å². The van der Waals surface area contributed by atoms with Gasteiger partial charge in [0.25, 0.3) is 5.56 Å². The number of carboxylic acid groups (broad SMARTS) is 1. The molecule has 11 heteroatoms. The number of halogens is 3. The highest BCUT2D eigenvalue weighted by atomic mass is 35.5. The van der Waals surface area contributed by atoms with E-state index in [2.05, 4.69) is 4.98 Å². The van der Waals surface area contributed by atoms with Gasteiger partial charge in [0, 0.05) is 27.1 Å². The minimum Gasteiger partial charge on any atom is -0.489 e. The molecule has 0 fully saturated rings. The number of hydrogen-bond acceptors (Lipinski definition) is 5. The molecule has 0 aliphatic carbocycles. The Balaban J connectivity index is 1.80. The molecule has 158 valence electrons. The van der Waals surface area contributed by atoms with Crippen molar-refractivity contribution < 1.29 is 14.6 Å². The summed E-state index contributed by atoms with van der Waals surface area (Å²) in [5, 5.41) is 11.6. The van der Waals surface area contributed by atoms with Crippen molar-refractivity contribution in [3.05, 3.63) is 88.1 Å². The highest BCUT2D eigenvalue weighted by Crippen LogP contribution is 2.29. The smallest absolute Gasteiger partial charge is 0.346 e. The second kappa shape index (κ2) is 8.39. The van der Waals surface area contributed by atoms with E-state index in [1.54, 1.807) is 24.3 Å². The second-order valence-corrected chi connectivity index (χ2v) is 8.43. The Hall–Kier alpha value is -2.78. The summed E-state index contributed by atoms with van der Waals surface area (Å²) in [6.07, 6.45) is 0. The molecular weight excluding hydrogens is 487 g/mol. The van der Waals surface area contributed by atoms with Gasteiger partial charge in [-0.2, -0.15) is 0 Å². The molecule has 4 aromatic rings. The molecule has 7 nitrogen and oxygen atoms in total. The van der Waals surface area contributed by atoms with E-state index in [9.17, 15) is 19.5 Å². The van der Waals surface area contributed by atoms with Crippen LogP contribution < -0.4 is 16.0 Å². The maximum Gasteiger partial charge on any atom is 0.346 e. The SMILES string of the molecule is O=C(O)c1scc2[nH]c(=O)n(-c3cc(OCc4c(Cl)cccc4Cl)ccc3Cl)c(=O)c12. The zero-order valence-corrected chi connectivity index (χ0v) is 18.4. The lowest BCUT2D eigenvalue weighted by Gasteiger charge is -2.12. The van der Waals surface area contributed by atoms with Crippen LogP contribution in [0.2, 0.25) is 15.1 Å². The van der Waals surface area contributed by atoms with Gasteiger partial charge in [0.15, 0.2) is 0 Å². The highest BCUT2D eigenvalue weighted by molar-refractivity contribution is 7.13. The molecule has 0 saturated carbocycles. The van der Waals surface area contributed by atoms with Gasteiger partial charge in [-0.05, 0) is 24.3 Å². The van der Waals surface area contributed by atoms with Gasteiger partial charge in [-0.1, -0.05) is 40.9 Å². The number of aromatic carboxylic acids is 1. The van der Waals surface area contributed by atoms with E-state index in [0.29, 0.717) is 21.4 Å². The van der Waals surface area contributed by atoms with Crippen LogP contribution in [0, 0.1) is 0 Å². The van der Waals surface area contributed by atoms with E-state index in [-0.39, 0.29) is 33.1 Å². The van der Waals surface area contributed by atoms with Crippen molar-refractivity contribution >= 4 is 63.0 Å². The van der Waals surface area contributed by atoms with E-state index in [4.69, 9.17) is 39.5 Å². The van der Waals surface area contributed by atoms with Crippen molar-refractivity contribution in [1.29, 1.82) is 0 Å². The van der Waals surface area contributed by atoms with Crippen LogP contribution in [0.25, 0.3) is 16.6 Å². The first-order valence-electron chi connectivity index (χ1n) is 8.63. The Morgan fingerprint density at radius 1 is 1.10 bits per heavy atom. The molecule has 2 heterocycles. The molecule has 0 bridgehead atoms. The van der Waals surface area contributed by atoms with E-state index in [1.807, 2.05) is 0 Å². The first-order valence-corrected chi connectivity index (χ1v) is 10.6. The quantitative estimate of drug-likeness (QED) is 0.405. The maximum atomic E-state index is 13.0. The number of aromatic amines is 1. The van der Waals surface area contributed by atoms with E-state index < -0.39 is 17.2 Å². The third-order valence-corrected chi connectivity index (χ3v) is 6.45. The minimum absolute atomic E-state index is 0.0392. The van der Waals surface area contributed by atoms with Gasteiger partial charge >= 0.3 is 11.7 Å². The number of carboxylic acids is 1. The summed E-state index contributed by atoms with van der Waals surface area (Å²) < 4.78 is 6.51. The summed E-state index contributed by atoms with van der Waals surface area (Å²) >= 11 is 19.4. The second-order valence-electron chi connectivity index (χ2n) is 6.33. The summed E-state index contributed by atoms with van der Waals surface area (Å²) in [7, 11) is 0. The predicted octanol–water partition coefficient (Wildman–Crippen LogP) is 4.98. The zero-order chi connectivity index (χ0) is 22.3. The minimum atomic E-state index is -1.27. The Kier molecular flexibility index (Phi) is 5.81. The van der Waals surface area contributed by atoms with Crippen LogP contribution in [0.3, 0.4) is 0 Å². The summed E-state index contributed by atoms with van der Waals surface area (Å²) in [5.41, 5.74) is -0.806. The monoisotopic (exact) mass is 496 g/mol. The molecule has 2 aromatic carbocycles. The number of nitrogens with zero attached hydrogens (tertiary/aromatic N) is 1. The molecule has 0 spiro atoms. The van der Waals surface area contributed by atoms with Gasteiger partial charge in [0.1, 0.15) is 17.2 Å². The number of H-pyrrole nitrogens is 1. The van der Waals surface area contributed by atoms with Gasteiger partial charge in [0.05, 0.1) is 21.6 Å². The summed E-state index contributed by atoms with van der Waals surface area (Å²) in [4.78, 5) is 39.4. The van der Waals surface area contributed by atoms with Crippen molar-refractivity contribution in [3.8, 4) is 11.4 Å². The number of fused-ring (bicyclic) bond motifs is 1. The Morgan fingerprint density at radius 2 is 1.81 bits per heavy atom. The van der Waals surface area contributed by atoms with Crippen LogP contribution in [0.1, 0.15) is 15.2 Å². The predicted molar refractivity (Wildman–Crippen MR) is 121 cm³/mol. The lowest BCUT2D eigenvalue weighted by molar-refractivity contribution is 0.0704. The van der Waals surface area contributed by atoms with E-state index in [1.165, 1.54) is 17.5 Å². The summed E-state index contributed by atoms with van der Waals surface area (Å²) in [5.74, 6) is -0.971. The van der Waals surface area contributed by atoms with Gasteiger partial charge in [-0.15, -0.1) is 11.3 Å². The number of ether oxygens (including phenoxy) is 1. The fourth-order valence-electron chi connectivity index (χ4n) is 2.99. The average molecular weight is 498 g/mol. The first kappa shape index (κ1) is 21.5. The third-order valence-electron chi connectivity index (χ3n) is 4.45. The van der Waals surface area contributed by atoms with Crippen molar-refractivity contribution in [2.24, 2.45) is 0 Å². The standard InChI is InChI=1S/C20H11Cl3N2O5S/c21-11-2-1-3-12(22)10(11)7-30-9-4-5-13(23)15(6-9)25-18(26)16-14(24-20(25)29)8-31-17(16)19(27)28/h1-6,8H,7H2,(H,24,29)(H,27,28). The molecule has 0 atom stereocenters. The molecule has 4 rings (SSSR count). The Morgan fingerprint density at radius 3 is 2.48 bits per heavy atom. The fourth-order valence-corrected chi connectivity index (χ4v) is 4.53. The molecule has 0 amide bonds. The molecule has 0 aliphatic heterocycles. The summed E-state index contributed by atoms with van der Waals surface area (Å²) in [6.45, 7) is 0.0392. The molecule has 31 heavy (non-hydrogen) atoms. The largest absolute Gasteiger partial charge is 0.489 e. The number of benzene rings is 2. The third kappa shape index (κ3) is 3.95. The number of thiophene rings is 1. The van der Waals surface area contributed by atoms with Crippen LogP contribution in [0.5, 0.6) is 5.75 Å². The number of hydrogen-bond donors (Lipinski definition) is 2. The Bertz CT molecular complexity index is 1440. The molecule has 2 aromatic heterocycles. The van der Waals surface area contributed by atoms with Crippen molar-refractivity contribution in [2.45, 2.75) is 6.61 Å². The fraction of sp³-hybridized carbons (Fsp3) is 0.0500. The van der Waals surface area contributed by atoms with Gasteiger partial charge in [-0.3, -0.25) is 4.79 Å². The van der Waals surface area contributed by atoms with Crippen molar-refractivity contribution in [2.75, 3.05) is 0 Å². The van der Waals surface area contributed by atoms with Gasteiger partial charge in [0.2, 0.25) is 0 Å². The first-order chi connectivity index (χ1) is 14.8. The molecule has 0 aliphatic rings. The average Bonchev–Trinajstić information content (AvgIpc) is 3.14. The van der Waals surface area contributed by atoms with Crippen LogP contribution in [-0.2, 0) is 6.61 Å². The number of nitrogens with one attached hydrogen (secondary N) is 1. The Labute approximate surface area is 193 Å². The topological polar surface area (TPSA) is 101 Å². The van der Waals surface area contributed by atoms with Crippen LogP contribution in [0.4, 0.5) is 0 Å². The molecule has 0 unspecified atom stereocenters. The summed E-state index contributed by atoms with van der Waals surface area (Å²) in [6, 6.07) is 9.48. The maximum absolute atomic E-state index is 13.0.